The lowest BCUT2D eigenvalue weighted by Crippen LogP contribution is -2.50. The molecule has 0 N–H and O–H groups in total. The van der Waals surface area contributed by atoms with Crippen molar-refractivity contribution in [2.45, 2.75) is 18.7 Å². The average molecular weight is 392 g/mol. The van der Waals surface area contributed by atoms with Crippen molar-refractivity contribution in [2.75, 3.05) is 31.1 Å². The molecular weight excluding hydrogens is 368 g/mol. The van der Waals surface area contributed by atoms with E-state index in [4.69, 9.17) is 0 Å². The van der Waals surface area contributed by atoms with E-state index in [9.17, 15) is 18.0 Å². The first-order chi connectivity index (χ1) is 12.6. The summed E-state index contributed by atoms with van der Waals surface area (Å²) in [6.07, 6.45) is 1.11. The molecule has 1 saturated heterocycles. The lowest BCUT2D eigenvalue weighted by Gasteiger charge is -2.36. The van der Waals surface area contributed by atoms with Crippen LogP contribution in [-0.2, 0) is 24.1 Å². The van der Waals surface area contributed by atoms with Crippen molar-refractivity contribution in [1.82, 2.24) is 13.4 Å². The molecule has 146 valence electrons. The summed E-state index contributed by atoms with van der Waals surface area (Å²) in [4.78, 5) is 25.9. The zero-order valence-corrected chi connectivity index (χ0v) is 16.8. The van der Waals surface area contributed by atoms with E-state index in [2.05, 4.69) is 24.8 Å². The molecule has 0 unspecified atom stereocenters. The van der Waals surface area contributed by atoms with Crippen molar-refractivity contribution in [1.29, 1.82) is 0 Å². The van der Waals surface area contributed by atoms with Crippen molar-refractivity contribution in [3.63, 3.8) is 0 Å². The number of piperazine rings is 1. The number of aromatic nitrogens is 2. The standard InChI is InChI=1S/C18H24N4O4S/c1-13-6-5-7-15(14(13)2)21-8-10-22(11-9-21)27(25,26)16-12-19(3)18(24)20(4)17(16)23/h5-7,12H,8-11H2,1-4H3. The van der Waals surface area contributed by atoms with E-state index in [1.54, 1.807) is 0 Å². The Morgan fingerprint density at radius 1 is 0.963 bits per heavy atom. The van der Waals surface area contributed by atoms with Gasteiger partial charge in [-0.1, -0.05) is 12.1 Å². The van der Waals surface area contributed by atoms with Crippen LogP contribution in [0.2, 0.25) is 0 Å². The molecule has 0 radical (unpaired) electrons. The van der Waals surface area contributed by atoms with E-state index in [0.717, 1.165) is 21.0 Å². The van der Waals surface area contributed by atoms with Crippen molar-refractivity contribution < 1.29 is 8.42 Å². The monoisotopic (exact) mass is 392 g/mol. The van der Waals surface area contributed by atoms with Crippen molar-refractivity contribution >= 4 is 15.7 Å². The maximum Gasteiger partial charge on any atom is 0.330 e. The van der Waals surface area contributed by atoms with Gasteiger partial charge in [0.05, 0.1) is 0 Å². The molecule has 2 heterocycles. The van der Waals surface area contributed by atoms with Crippen LogP contribution >= 0.6 is 0 Å². The van der Waals surface area contributed by atoms with Gasteiger partial charge in [-0.2, -0.15) is 4.31 Å². The Hall–Kier alpha value is -2.39. The molecule has 1 aromatic heterocycles. The maximum atomic E-state index is 13.0. The molecule has 1 fully saturated rings. The minimum atomic E-state index is -3.96. The van der Waals surface area contributed by atoms with E-state index in [0.29, 0.717) is 13.1 Å². The van der Waals surface area contributed by atoms with E-state index in [1.807, 2.05) is 12.1 Å². The minimum absolute atomic E-state index is 0.279. The topological polar surface area (TPSA) is 84.6 Å². The number of rotatable bonds is 3. The fourth-order valence-corrected chi connectivity index (χ4v) is 4.91. The molecule has 1 aliphatic heterocycles. The second kappa shape index (κ2) is 6.97. The van der Waals surface area contributed by atoms with Gasteiger partial charge in [-0.15, -0.1) is 0 Å². The van der Waals surface area contributed by atoms with Crippen LogP contribution in [0.4, 0.5) is 5.69 Å². The van der Waals surface area contributed by atoms with Crippen LogP contribution in [0.5, 0.6) is 0 Å². The van der Waals surface area contributed by atoms with Crippen LogP contribution in [0.25, 0.3) is 0 Å². The second-order valence-electron chi connectivity index (χ2n) is 6.86. The Morgan fingerprint density at radius 3 is 2.22 bits per heavy atom. The summed E-state index contributed by atoms with van der Waals surface area (Å²) in [5.41, 5.74) is 2.12. The van der Waals surface area contributed by atoms with Crippen LogP contribution < -0.4 is 16.1 Å². The van der Waals surface area contributed by atoms with Crippen LogP contribution in [0.3, 0.4) is 0 Å². The van der Waals surface area contributed by atoms with Gasteiger partial charge >= 0.3 is 5.69 Å². The van der Waals surface area contributed by atoms with Crippen LogP contribution in [0.15, 0.2) is 38.9 Å². The summed E-state index contributed by atoms with van der Waals surface area (Å²) < 4.78 is 29.2. The molecule has 1 aromatic carbocycles. The highest BCUT2D eigenvalue weighted by Gasteiger charge is 2.32. The molecule has 9 heteroatoms. The molecule has 0 spiro atoms. The molecule has 0 amide bonds. The summed E-state index contributed by atoms with van der Waals surface area (Å²) in [5.74, 6) is 0. The smallest absolute Gasteiger partial charge is 0.330 e. The first kappa shape index (κ1) is 19.4. The first-order valence-electron chi connectivity index (χ1n) is 8.72. The van der Waals surface area contributed by atoms with Crippen LogP contribution in [0, 0.1) is 13.8 Å². The number of anilines is 1. The summed E-state index contributed by atoms with van der Waals surface area (Å²) in [5, 5.41) is 0. The Kier molecular flexibility index (Phi) is 5.00. The van der Waals surface area contributed by atoms with Gasteiger partial charge in [0, 0.05) is 52.2 Å². The molecule has 8 nitrogen and oxygen atoms in total. The van der Waals surface area contributed by atoms with Gasteiger partial charge in [0.25, 0.3) is 5.56 Å². The number of hydrogen-bond donors (Lipinski definition) is 0. The van der Waals surface area contributed by atoms with Gasteiger partial charge < -0.3 is 9.47 Å². The zero-order valence-electron chi connectivity index (χ0n) is 16.0. The molecular formula is C18H24N4O4S. The lowest BCUT2D eigenvalue weighted by molar-refractivity contribution is 0.383. The molecule has 0 saturated carbocycles. The average Bonchev–Trinajstić information content (AvgIpc) is 2.65. The molecule has 0 bridgehead atoms. The van der Waals surface area contributed by atoms with Crippen molar-refractivity contribution in [3.05, 3.63) is 56.4 Å². The van der Waals surface area contributed by atoms with Gasteiger partial charge in [-0.05, 0) is 31.0 Å². The van der Waals surface area contributed by atoms with Gasteiger partial charge in [0.15, 0.2) is 4.90 Å². The third-order valence-corrected chi connectivity index (χ3v) is 7.07. The largest absolute Gasteiger partial charge is 0.369 e. The van der Waals surface area contributed by atoms with Crippen molar-refractivity contribution in [3.8, 4) is 0 Å². The Morgan fingerprint density at radius 2 is 1.59 bits per heavy atom. The van der Waals surface area contributed by atoms with E-state index in [-0.39, 0.29) is 18.0 Å². The van der Waals surface area contributed by atoms with Gasteiger partial charge in [0.2, 0.25) is 10.0 Å². The van der Waals surface area contributed by atoms with E-state index in [1.165, 1.54) is 29.5 Å². The summed E-state index contributed by atoms with van der Waals surface area (Å²) in [6, 6.07) is 6.08. The molecule has 1 aliphatic rings. The molecule has 3 rings (SSSR count). The highest BCUT2D eigenvalue weighted by atomic mass is 32.2. The number of nitrogens with zero attached hydrogens (tertiary/aromatic N) is 4. The highest BCUT2D eigenvalue weighted by molar-refractivity contribution is 7.89. The highest BCUT2D eigenvalue weighted by Crippen LogP contribution is 2.25. The van der Waals surface area contributed by atoms with E-state index < -0.39 is 21.3 Å². The number of aryl methyl sites for hydroxylation is 2. The van der Waals surface area contributed by atoms with Crippen molar-refractivity contribution in [2.24, 2.45) is 14.1 Å². The summed E-state index contributed by atoms with van der Waals surface area (Å²) in [6.45, 7) is 5.74. The second-order valence-corrected chi connectivity index (χ2v) is 8.77. The fraction of sp³-hybridized carbons (Fsp3) is 0.444. The fourth-order valence-electron chi connectivity index (χ4n) is 3.34. The normalized spacial score (nSPS) is 15.9. The molecule has 0 aliphatic carbocycles. The molecule has 27 heavy (non-hydrogen) atoms. The van der Waals surface area contributed by atoms with Gasteiger partial charge in [-0.25, -0.2) is 13.2 Å². The Bertz CT molecular complexity index is 1090. The van der Waals surface area contributed by atoms with Crippen LogP contribution in [0.1, 0.15) is 11.1 Å². The van der Waals surface area contributed by atoms with Gasteiger partial charge in [-0.3, -0.25) is 9.36 Å². The Balaban J connectivity index is 1.87. The quantitative estimate of drug-likeness (QED) is 0.746. The summed E-state index contributed by atoms with van der Waals surface area (Å²) >= 11 is 0. The molecule has 2 aromatic rings. The number of hydrogen-bond acceptors (Lipinski definition) is 5. The Labute approximate surface area is 158 Å². The zero-order chi connectivity index (χ0) is 19.9. The summed E-state index contributed by atoms with van der Waals surface area (Å²) in [7, 11) is -1.26. The predicted molar refractivity (Wildman–Crippen MR) is 104 cm³/mol. The predicted octanol–water partition coefficient (Wildman–Crippen LogP) is 0.212. The molecule has 0 atom stereocenters. The van der Waals surface area contributed by atoms with Crippen LogP contribution in [-0.4, -0.2) is 48.0 Å². The number of sulfonamides is 1. The third-order valence-electron chi connectivity index (χ3n) is 5.19. The lowest BCUT2D eigenvalue weighted by atomic mass is 10.1. The maximum absolute atomic E-state index is 13.0. The third kappa shape index (κ3) is 3.32. The van der Waals surface area contributed by atoms with E-state index >= 15 is 0 Å². The SMILES string of the molecule is Cc1cccc(N2CCN(S(=O)(=O)c3cn(C)c(=O)n(C)c3=O)CC2)c1C. The number of benzene rings is 1. The first-order valence-corrected chi connectivity index (χ1v) is 10.2. The minimum Gasteiger partial charge on any atom is -0.369 e. The van der Waals surface area contributed by atoms with Gasteiger partial charge in [0.1, 0.15) is 0 Å².